The van der Waals surface area contributed by atoms with Gasteiger partial charge < -0.3 is 9.88 Å². The molecule has 0 amide bonds. The van der Waals surface area contributed by atoms with Crippen LogP contribution in [-0.2, 0) is 10.8 Å². The van der Waals surface area contributed by atoms with Crippen molar-refractivity contribution in [3.05, 3.63) is 232 Å². The number of aliphatic imine (C=N–C) groups is 2. The van der Waals surface area contributed by atoms with Crippen molar-refractivity contribution in [1.29, 1.82) is 0 Å². The zero-order valence-electron chi connectivity index (χ0n) is 35.6. The maximum atomic E-state index is 5.49. The van der Waals surface area contributed by atoms with Gasteiger partial charge in [0.25, 0.3) is 0 Å². The van der Waals surface area contributed by atoms with Crippen LogP contribution < -0.4 is 5.32 Å². The number of benzene rings is 6. The smallest absolute Gasteiger partial charge is 0.204 e. The van der Waals surface area contributed by atoms with Crippen molar-refractivity contribution in [2.75, 3.05) is 0 Å². The molecule has 0 saturated heterocycles. The van der Waals surface area contributed by atoms with E-state index in [-0.39, 0.29) is 17.3 Å². The molecule has 0 saturated carbocycles. The Balaban J connectivity index is 1.18. The Bertz CT molecular complexity index is 3130. The van der Waals surface area contributed by atoms with E-state index >= 15 is 0 Å². The molecule has 4 heteroatoms. The van der Waals surface area contributed by atoms with E-state index < -0.39 is 11.7 Å². The van der Waals surface area contributed by atoms with Crippen LogP contribution in [0.4, 0.5) is 0 Å². The number of hydrogen-bond acceptors (Lipinski definition) is 3. The lowest BCUT2D eigenvalue weighted by molar-refractivity contribution is 0.227. The average Bonchev–Trinajstić information content (AvgIpc) is 3.68. The number of para-hydroxylation sites is 1. The first-order chi connectivity index (χ1) is 30.4. The number of nitrogens with zero attached hydrogens (tertiary/aromatic N) is 3. The van der Waals surface area contributed by atoms with E-state index in [4.69, 9.17) is 9.98 Å². The zero-order chi connectivity index (χ0) is 41.6. The molecule has 1 N–H and O–H groups in total. The highest BCUT2D eigenvalue weighted by atomic mass is 15.3. The summed E-state index contributed by atoms with van der Waals surface area (Å²) >= 11 is 0. The van der Waals surface area contributed by atoms with Crippen LogP contribution in [0, 0.1) is 11.8 Å². The van der Waals surface area contributed by atoms with Gasteiger partial charge in [-0.3, -0.25) is 0 Å². The second-order valence-corrected chi connectivity index (χ2v) is 18.3. The largest absolute Gasteiger partial charge is 0.331 e. The standard InChI is InChI=1S/C58H50N4/c1-37-36-40-32-33-46-52(50(40)44-29-17-16-28-43(37)44)57(2,41-24-12-6-13-25-41)47-34-35-49-51(53(47)58(46,3)42-26-14-7-15-27-42)45-30-18-19-31-48(45)62(49)56-60-54(38-20-8-4-9-21-38)59-55(61-56)39-22-10-5-11-23-39/h4,6-10,12-35,37,46,52,56H,5,11,36H2,1-3H3,(H,59,60,61). The molecule has 0 spiro atoms. The second-order valence-electron chi connectivity index (χ2n) is 18.3. The van der Waals surface area contributed by atoms with Crippen LogP contribution in [-0.4, -0.2) is 16.2 Å². The molecule has 0 bridgehead atoms. The van der Waals surface area contributed by atoms with Gasteiger partial charge in [-0.2, -0.15) is 0 Å². The summed E-state index contributed by atoms with van der Waals surface area (Å²) in [4.78, 5) is 10.7. The van der Waals surface area contributed by atoms with Crippen molar-refractivity contribution in [2.45, 2.75) is 63.1 Å². The van der Waals surface area contributed by atoms with Gasteiger partial charge in [0.1, 0.15) is 5.84 Å². The highest BCUT2D eigenvalue weighted by Crippen LogP contribution is 2.66. The van der Waals surface area contributed by atoms with E-state index in [2.05, 4.69) is 213 Å². The van der Waals surface area contributed by atoms with Crippen molar-refractivity contribution in [2.24, 2.45) is 21.8 Å². The maximum absolute atomic E-state index is 5.49. The maximum Gasteiger partial charge on any atom is 0.204 e. The van der Waals surface area contributed by atoms with Gasteiger partial charge in [-0.1, -0.05) is 191 Å². The molecule has 302 valence electrons. The molecule has 4 aliphatic carbocycles. The van der Waals surface area contributed by atoms with Crippen molar-refractivity contribution < 1.29 is 0 Å². The molecule has 0 radical (unpaired) electrons. The Morgan fingerprint density at radius 3 is 2.13 bits per heavy atom. The van der Waals surface area contributed by atoms with Crippen LogP contribution in [0.1, 0.15) is 91.2 Å². The Kier molecular flexibility index (Phi) is 8.44. The molecular weight excluding hydrogens is 753 g/mol. The molecule has 0 fully saturated rings. The van der Waals surface area contributed by atoms with E-state index in [1.165, 1.54) is 60.8 Å². The van der Waals surface area contributed by atoms with Crippen LogP contribution in [0.15, 0.2) is 203 Å². The molecule has 4 nitrogen and oxygen atoms in total. The molecule has 12 rings (SSSR count). The highest BCUT2D eigenvalue weighted by molar-refractivity contribution is 6.15. The second kappa shape index (κ2) is 14.1. The predicted molar refractivity (Wildman–Crippen MR) is 257 cm³/mol. The van der Waals surface area contributed by atoms with Gasteiger partial charge in [0, 0.05) is 38.7 Å². The molecule has 7 aromatic rings. The van der Waals surface area contributed by atoms with E-state index in [9.17, 15) is 0 Å². The number of fused-ring (bicyclic) bond motifs is 9. The minimum absolute atomic E-state index is 0.148. The fourth-order valence-electron chi connectivity index (χ4n) is 12.2. The summed E-state index contributed by atoms with van der Waals surface area (Å²) in [7, 11) is 0. The van der Waals surface area contributed by atoms with E-state index in [1.54, 1.807) is 0 Å². The highest BCUT2D eigenvalue weighted by Gasteiger charge is 2.59. The molecule has 6 unspecified atom stereocenters. The fourth-order valence-corrected chi connectivity index (χ4v) is 12.2. The minimum Gasteiger partial charge on any atom is -0.331 e. The molecule has 2 heterocycles. The van der Waals surface area contributed by atoms with Crippen LogP contribution in [0.2, 0.25) is 0 Å². The van der Waals surface area contributed by atoms with E-state index in [1.807, 2.05) is 0 Å². The fraction of sp³-hybridized carbons (Fsp3) is 0.207. The molecule has 6 aromatic carbocycles. The van der Waals surface area contributed by atoms with Gasteiger partial charge in [-0.15, -0.1) is 0 Å². The minimum atomic E-state index is -0.433. The summed E-state index contributed by atoms with van der Waals surface area (Å²) in [5, 5.41) is 6.39. The quantitative estimate of drug-likeness (QED) is 0.185. The summed E-state index contributed by atoms with van der Waals surface area (Å²) in [5.41, 5.74) is 15.1. The number of rotatable bonds is 5. The lowest BCUT2D eigenvalue weighted by Gasteiger charge is -2.58. The van der Waals surface area contributed by atoms with Gasteiger partial charge >= 0.3 is 0 Å². The number of amidine groups is 2. The van der Waals surface area contributed by atoms with Gasteiger partial charge in [0.05, 0.1) is 11.0 Å². The average molecular weight is 803 g/mol. The molecule has 1 aliphatic heterocycles. The third-order valence-electron chi connectivity index (χ3n) is 15.1. The third-order valence-corrected chi connectivity index (χ3v) is 15.1. The van der Waals surface area contributed by atoms with Crippen molar-refractivity contribution in [3.63, 3.8) is 0 Å². The molecule has 1 aromatic heterocycles. The number of allylic oxidation sites excluding steroid dienone is 6. The number of nitrogens with one attached hydrogen (secondary N) is 1. The first-order valence-corrected chi connectivity index (χ1v) is 22.5. The van der Waals surface area contributed by atoms with E-state index in [0.717, 1.165) is 47.6 Å². The molecular formula is C58H50N4. The summed E-state index contributed by atoms with van der Waals surface area (Å²) in [6, 6.07) is 56.5. The predicted octanol–water partition coefficient (Wildman–Crippen LogP) is 13.4. The SMILES string of the molecule is CC1CC2=C(c3ccccc31)C1C(C=C2)C(C)(c2ccccc2)c2c(ccc3c2c2ccccc2n3C2N=C(C3=CCCC=C3)N=C(c3ccccc3)N2)C1(C)c1ccccc1. The normalized spacial score (nSPS) is 26.1. The van der Waals surface area contributed by atoms with Gasteiger partial charge in [0.15, 0.2) is 5.84 Å². The van der Waals surface area contributed by atoms with Crippen molar-refractivity contribution >= 4 is 39.1 Å². The van der Waals surface area contributed by atoms with Crippen molar-refractivity contribution in [3.8, 4) is 0 Å². The van der Waals surface area contributed by atoms with Crippen LogP contribution in [0.5, 0.6) is 0 Å². The first-order valence-electron chi connectivity index (χ1n) is 22.5. The third kappa shape index (κ3) is 5.32. The Morgan fingerprint density at radius 2 is 1.37 bits per heavy atom. The molecule has 5 aliphatic rings. The summed E-state index contributed by atoms with van der Waals surface area (Å²) < 4.78 is 2.45. The van der Waals surface area contributed by atoms with Gasteiger partial charge in [-0.05, 0) is 87.8 Å². The van der Waals surface area contributed by atoms with Crippen LogP contribution in [0.25, 0.3) is 27.4 Å². The topological polar surface area (TPSA) is 41.7 Å². The summed E-state index contributed by atoms with van der Waals surface area (Å²) in [6.07, 6.45) is 14.5. The summed E-state index contributed by atoms with van der Waals surface area (Å²) in [6.45, 7) is 7.52. The molecule has 6 atom stereocenters. The monoisotopic (exact) mass is 802 g/mol. The Hall–Kier alpha value is -6.78. The van der Waals surface area contributed by atoms with Gasteiger partial charge in [-0.25, -0.2) is 9.98 Å². The number of hydrogen-bond donors (Lipinski definition) is 1. The Labute approximate surface area is 364 Å². The lowest BCUT2D eigenvalue weighted by atomic mass is 9.44. The lowest BCUT2D eigenvalue weighted by Crippen LogP contribution is -2.53. The number of aromatic nitrogens is 1. The zero-order valence-corrected chi connectivity index (χ0v) is 35.6. The molecule has 62 heavy (non-hydrogen) atoms. The van der Waals surface area contributed by atoms with Crippen LogP contribution in [0.3, 0.4) is 0 Å². The van der Waals surface area contributed by atoms with Gasteiger partial charge in [0.2, 0.25) is 6.29 Å². The Morgan fingerprint density at radius 1 is 0.677 bits per heavy atom. The van der Waals surface area contributed by atoms with Crippen molar-refractivity contribution in [1.82, 2.24) is 9.88 Å². The first kappa shape index (κ1) is 37.0. The summed E-state index contributed by atoms with van der Waals surface area (Å²) in [5.74, 6) is 2.38. The van der Waals surface area contributed by atoms with E-state index in [0.29, 0.717) is 5.92 Å². The van der Waals surface area contributed by atoms with Crippen LogP contribution >= 0.6 is 0 Å².